The number of anilines is 2. The average Bonchev–Trinajstić information content (AvgIpc) is 3.29. The quantitative estimate of drug-likeness (QED) is 0.526. The zero-order valence-electron chi connectivity index (χ0n) is 16.4. The second-order valence-electron chi connectivity index (χ2n) is 7.10. The molecule has 146 valence electrons. The maximum atomic E-state index is 5.11. The molecule has 5 rings (SSSR count). The first-order valence-corrected chi connectivity index (χ1v) is 9.44. The molecule has 4 heterocycles. The fraction of sp³-hybridized carbons (Fsp3) is 0.300. The number of nitrogens with zero attached hydrogens (tertiary/aromatic N) is 8. The number of methoxy groups -OCH3 is 1. The van der Waals surface area contributed by atoms with Gasteiger partial charge in [0.1, 0.15) is 12.3 Å². The Morgan fingerprint density at radius 1 is 1.14 bits per heavy atom. The molecule has 0 bridgehead atoms. The first-order valence-electron chi connectivity index (χ1n) is 9.44. The topological polar surface area (TPSA) is 94.2 Å². The normalized spacial score (nSPS) is 15.8. The SMILES string of the molecule is COCc1nc2nnc(-c3ccnc(N4c5ccccc5CC4C)n3)c(C)n2n1. The van der Waals surface area contributed by atoms with Crippen molar-refractivity contribution in [2.24, 2.45) is 0 Å². The van der Waals surface area contributed by atoms with Gasteiger partial charge in [-0.15, -0.1) is 15.3 Å². The minimum atomic E-state index is 0.282. The molecular formula is C20H20N8O. The molecule has 9 heteroatoms. The van der Waals surface area contributed by atoms with Crippen molar-refractivity contribution in [2.45, 2.75) is 32.9 Å². The molecule has 4 aromatic rings. The van der Waals surface area contributed by atoms with Crippen LogP contribution in [-0.4, -0.2) is 47.9 Å². The number of hydrogen-bond acceptors (Lipinski definition) is 8. The molecule has 0 aliphatic carbocycles. The molecule has 1 atom stereocenters. The Hall–Kier alpha value is -3.46. The molecule has 0 amide bonds. The molecule has 0 saturated heterocycles. The van der Waals surface area contributed by atoms with Crippen LogP contribution in [0.4, 0.5) is 11.6 Å². The minimum Gasteiger partial charge on any atom is -0.377 e. The maximum Gasteiger partial charge on any atom is 0.272 e. The number of ether oxygens (including phenoxy) is 1. The smallest absolute Gasteiger partial charge is 0.272 e. The fourth-order valence-corrected chi connectivity index (χ4v) is 3.80. The third-order valence-electron chi connectivity index (χ3n) is 5.12. The number of aryl methyl sites for hydroxylation is 1. The molecule has 1 aliphatic heterocycles. The van der Waals surface area contributed by atoms with E-state index < -0.39 is 0 Å². The third-order valence-corrected chi connectivity index (χ3v) is 5.12. The number of benzene rings is 1. The Kier molecular flexibility index (Phi) is 4.17. The summed E-state index contributed by atoms with van der Waals surface area (Å²) in [5, 5.41) is 13.0. The van der Waals surface area contributed by atoms with Crippen LogP contribution in [0.1, 0.15) is 24.0 Å². The number of hydrogen-bond donors (Lipinski definition) is 0. The van der Waals surface area contributed by atoms with E-state index in [9.17, 15) is 0 Å². The van der Waals surface area contributed by atoms with E-state index in [2.05, 4.69) is 55.3 Å². The van der Waals surface area contributed by atoms with Crippen LogP contribution in [-0.2, 0) is 17.8 Å². The van der Waals surface area contributed by atoms with Crippen LogP contribution in [0, 0.1) is 6.92 Å². The second-order valence-corrected chi connectivity index (χ2v) is 7.10. The van der Waals surface area contributed by atoms with Crippen molar-refractivity contribution in [2.75, 3.05) is 12.0 Å². The number of fused-ring (bicyclic) bond motifs is 2. The number of rotatable bonds is 4. The molecule has 9 nitrogen and oxygen atoms in total. The van der Waals surface area contributed by atoms with Gasteiger partial charge in [-0.2, -0.15) is 9.50 Å². The van der Waals surface area contributed by atoms with Crippen LogP contribution < -0.4 is 4.90 Å². The predicted molar refractivity (Wildman–Crippen MR) is 107 cm³/mol. The van der Waals surface area contributed by atoms with Gasteiger partial charge in [0.15, 0.2) is 5.82 Å². The molecule has 29 heavy (non-hydrogen) atoms. The Bertz CT molecular complexity index is 1200. The number of aromatic nitrogens is 7. The monoisotopic (exact) mass is 388 g/mol. The highest BCUT2D eigenvalue weighted by atomic mass is 16.5. The molecule has 0 radical (unpaired) electrons. The van der Waals surface area contributed by atoms with Crippen molar-refractivity contribution in [3.05, 3.63) is 53.6 Å². The highest BCUT2D eigenvalue weighted by Gasteiger charge is 2.29. The van der Waals surface area contributed by atoms with Gasteiger partial charge in [-0.1, -0.05) is 18.2 Å². The molecule has 1 unspecified atom stereocenters. The number of para-hydroxylation sites is 1. The van der Waals surface area contributed by atoms with E-state index >= 15 is 0 Å². The summed E-state index contributed by atoms with van der Waals surface area (Å²) in [6.07, 6.45) is 2.73. The van der Waals surface area contributed by atoms with E-state index in [1.165, 1.54) is 5.56 Å². The van der Waals surface area contributed by atoms with E-state index in [0.29, 0.717) is 35.5 Å². The van der Waals surface area contributed by atoms with Gasteiger partial charge in [-0.25, -0.2) is 9.97 Å². The summed E-state index contributed by atoms with van der Waals surface area (Å²) in [5.74, 6) is 1.66. The Morgan fingerprint density at radius 2 is 2.00 bits per heavy atom. The first kappa shape index (κ1) is 17.6. The molecule has 0 fully saturated rings. The predicted octanol–water partition coefficient (Wildman–Crippen LogP) is 2.51. The van der Waals surface area contributed by atoms with Gasteiger partial charge in [-0.3, -0.25) is 0 Å². The summed E-state index contributed by atoms with van der Waals surface area (Å²) in [5.41, 5.74) is 4.61. The Morgan fingerprint density at radius 3 is 2.86 bits per heavy atom. The zero-order valence-corrected chi connectivity index (χ0v) is 16.4. The van der Waals surface area contributed by atoms with Gasteiger partial charge < -0.3 is 9.64 Å². The van der Waals surface area contributed by atoms with Gasteiger partial charge in [0.05, 0.1) is 11.4 Å². The summed E-state index contributed by atoms with van der Waals surface area (Å²) in [6, 6.07) is 10.5. The molecular weight excluding hydrogens is 368 g/mol. The Balaban J connectivity index is 1.58. The van der Waals surface area contributed by atoms with Gasteiger partial charge in [-0.05, 0) is 38.0 Å². The molecule has 1 aromatic carbocycles. The van der Waals surface area contributed by atoms with Crippen molar-refractivity contribution in [3.63, 3.8) is 0 Å². The van der Waals surface area contributed by atoms with Gasteiger partial charge in [0.25, 0.3) is 5.78 Å². The standard InChI is InChI=1S/C20H20N8O/c1-12-10-14-6-4-5-7-16(14)27(12)19-21-9-8-15(22-19)18-13(2)28-20(25-24-18)23-17(26-28)11-29-3/h4-9,12H,10-11H2,1-3H3. The van der Waals surface area contributed by atoms with Gasteiger partial charge >= 0.3 is 0 Å². The molecule has 3 aromatic heterocycles. The summed E-state index contributed by atoms with van der Waals surface area (Å²) in [6.45, 7) is 4.43. The summed E-state index contributed by atoms with van der Waals surface area (Å²) < 4.78 is 6.78. The largest absolute Gasteiger partial charge is 0.377 e. The van der Waals surface area contributed by atoms with Crippen LogP contribution in [0.25, 0.3) is 17.2 Å². The lowest BCUT2D eigenvalue weighted by Gasteiger charge is -2.22. The van der Waals surface area contributed by atoms with Crippen LogP contribution >= 0.6 is 0 Å². The lowest BCUT2D eigenvalue weighted by Crippen LogP contribution is -2.26. The summed E-state index contributed by atoms with van der Waals surface area (Å²) in [7, 11) is 1.61. The van der Waals surface area contributed by atoms with Crippen molar-refractivity contribution < 1.29 is 4.74 Å². The van der Waals surface area contributed by atoms with E-state index in [1.54, 1.807) is 17.8 Å². The van der Waals surface area contributed by atoms with Crippen LogP contribution in [0.5, 0.6) is 0 Å². The summed E-state index contributed by atoms with van der Waals surface area (Å²) in [4.78, 5) is 15.8. The van der Waals surface area contributed by atoms with Crippen molar-refractivity contribution >= 4 is 17.4 Å². The van der Waals surface area contributed by atoms with Crippen LogP contribution in [0.2, 0.25) is 0 Å². The molecule has 1 aliphatic rings. The van der Waals surface area contributed by atoms with Gasteiger partial charge in [0, 0.05) is 25.0 Å². The van der Waals surface area contributed by atoms with Crippen molar-refractivity contribution in [1.82, 2.24) is 34.8 Å². The first-order chi connectivity index (χ1) is 14.2. The van der Waals surface area contributed by atoms with Gasteiger partial charge in [0.2, 0.25) is 5.95 Å². The van der Waals surface area contributed by atoms with Crippen molar-refractivity contribution in [3.8, 4) is 11.4 Å². The lowest BCUT2D eigenvalue weighted by molar-refractivity contribution is 0.178. The molecule has 0 saturated carbocycles. The van der Waals surface area contributed by atoms with E-state index in [-0.39, 0.29) is 6.04 Å². The Labute approximate surface area is 167 Å². The highest BCUT2D eigenvalue weighted by Crippen LogP contribution is 2.36. The summed E-state index contributed by atoms with van der Waals surface area (Å²) >= 11 is 0. The molecule has 0 N–H and O–H groups in total. The van der Waals surface area contributed by atoms with E-state index in [4.69, 9.17) is 9.72 Å². The third kappa shape index (κ3) is 2.90. The lowest BCUT2D eigenvalue weighted by atomic mass is 10.1. The average molecular weight is 388 g/mol. The van der Waals surface area contributed by atoms with Crippen LogP contribution in [0.3, 0.4) is 0 Å². The molecule has 0 spiro atoms. The minimum absolute atomic E-state index is 0.282. The zero-order chi connectivity index (χ0) is 20.0. The van der Waals surface area contributed by atoms with Crippen molar-refractivity contribution in [1.29, 1.82) is 0 Å². The second kappa shape index (κ2) is 6.85. The van der Waals surface area contributed by atoms with E-state index in [1.807, 2.05) is 19.1 Å². The van der Waals surface area contributed by atoms with E-state index in [0.717, 1.165) is 17.8 Å². The fourth-order valence-electron chi connectivity index (χ4n) is 3.80. The maximum absolute atomic E-state index is 5.11. The highest BCUT2D eigenvalue weighted by molar-refractivity contribution is 5.68. The van der Waals surface area contributed by atoms with Crippen LogP contribution in [0.15, 0.2) is 36.5 Å².